The first-order valence-electron chi connectivity index (χ1n) is 9.86. The molecule has 6 nitrogen and oxygen atoms in total. The van der Waals surface area contributed by atoms with Crippen LogP contribution in [-0.4, -0.2) is 26.9 Å². The molecule has 5 rings (SSSR count). The van der Waals surface area contributed by atoms with Gasteiger partial charge in [0.05, 0.1) is 18.8 Å². The lowest BCUT2D eigenvalue weighted by Gasteiger charge is -2.13. The summed E-state index contributed by atoms with van der Waals surface area (Å²) in [4.78, 5) is 8.90. The fourth-order valence-corrected chi connectivity index (χ4v) is 3.88. The van der Waals surface area contributed by atoms with E-state index in [4.69, 9.17) is 4.74 Å². The predicted octanol–water partition coefficient (Wildman–Crippen LogP) is 4.94. The van der Waals surface area contributed by atoms with Gasteiger partial charge in [-0.15, -0.1) is 0 Å². The third-order valence-corrected chi connectivity index (χ3v) is 5.39. The molecule has 31 heavy (non-hydrogen) atoms. The summed E-state index contributed by atoms with van der Waals surface area (Å²) in [5, 5.41) is 9.72. The maximum absolute atomic E-state index is 13.4. The number of anilines is 1. The van der Waals surface area contributed by atoms with Gasteiger partial charge in [0.1, 0.15) is 29.2 Å². The van der Waals surface area contributed by atoms with Crippen LogP contribution in [0.1, 0.15) is 5.56 Å². The zero-order valence-electron chi connectivity index (χ0n) is 17.1. The van der Waals surface area contributed by atoms with Crippen molar-refractivity contribution in [1.82, 2.24) is 19.7 Å². The van der Waals surface area contributed by atoms with Crippen molar-refractivity contribution in [2.75, 3.05) is 12.4 Å². The zero-order chi connectivity index (χ0) is 21.4. The summed E-state index contributed by atoms with van der Waals surface area (Å²) in [5.41, 5.74) is 4.69. The van der Waals surface area contributed by atoms with Crippen LogP contribution < -0.4 is 10.1 Å². The van der Waals surface area contributed by atoms with Crippen LogP contribution in [0.2, 0.25) is 0 Å². The van der Waals surface area contributed by atoms with Crippen LogP contribution in [0.3, 0.4) is 0 Å². The average Bonchev–Trinajstić information content (AvgIpc) is 3.19. The van der Waals surface area contributed by atoms with Crippen LogP contribution in [0, 0.1) is 5.82 Å². The monoisotopic (exact) mass is 413 g/mol. The van der Waals surface area contributed by atoms with Crippen LogP contribution in [-0.2, 0) is 13.6 Å². The fourth-order valence-electron chi connectivity index (χ4n) is 3.88. The van der Waals surface area contributed by atoms with E-state index in [9.17, 15) is 4.39 Å². The molecule has 0 saturated carbocycles. The number of methoxy groups -OCH3 is 1. The molecular formula is C24H20FN5O. The quantitative estimate of drug-likeness (QED) is 0.442. The van der Waals surface area contributed by atoms with E-state index < -0.39 is 0 Å². The van der Waals surface area contributed by atoms with Crippen molar-refractivity contribution in [1.29, 1.82) is 0 Å². The van der Waals surface area contributed by atoms with Gasteiger partial charge in [0, 0.05) is 24.4 Å². The number of hydrogen-bond acceptors (Lipinski definition) is 5. The molecule has 0 aliphatic heterocycles. The third-order valence-electron chi connectivity index (χ3n) is 5.39. The van der Waals surface area contributed by atoms with Gasteiger partial charge in [-0.1, -0.05) is 30.3 Å². The second-order valence-corrected chi connectivity index (χ2v) is 7.28. The highest BCUT2D eigenvalue weighted by Crippen LogP contribution is 2.34. The molecule has 0 atom stereocenters. The Labute approximate surface area is 178 Å². The van der Waals surface area contributed by atoms with E-state index in [1.807, 2.05) is 42.2 Å². The summed E-state index contributed by atoms with van der Waals surface area (Å²) in [6.07, 6.45) is 3.38. The summed E-state index contributed by atoms with van der Waals surface area (Å²) >= 11 is 0. The van der Waals surface area contributed by atoms with Gasteiger partial charge >= 0.3 is 0 Å². The third kappa shape index (κ3) is 3.44. The number of aromatic nitrogens is 4. The van der Waals surface area contributed by atoms with E-state index in [0.29, 0.717) is 23.6 Å². The van der Waals surface area contributed by atoms with Crippen molar-refractivity contribution in [3.05, 3.63) is 78.5 Å². The Morgan fingerprint density at radius 2 is 1.87 bits per heavy atom. The SMILES string of the molecule is COc1cc(-c2ccc(F)cc2)cc2c(NCc3cccc4cnn(C)c34)ncnc12. The summed E-state index contributed by atoms with van der Waals surface area (Å²) in [6, 6.07) is 16.4. The number of halogens is 1. The number of nitrogens with zero attached hydrogens (tertiary/aromatic N) is 4. The molecule has 0 amide bonds. The molecule has 0 aliphatic rings. The predicted molar refractivity (Wildman–Crippen MR) is 120 cm³/mol. The molecule has 154 valence electrons. The Hall–Kier alpha value is -4.00. The normalized spacial score (nSPS) is 11.2. The molecule has 0 unspecified atom stereocenters. The molecular weight excluding hydrogens is 393 g/mol. The first-order valence-corrected chi connectivity index (χ1v) is 9.86. The van der Waals surface area contributed by atoms with Crippen molar-refractivity contribution in [3.8, 4) is 16.9 Å². The molecule has 0 bridgehead atoms. The highest BCUT2D eigenvalue weighted by Gasteiger charge is 2.13. The molecule has 0 spiro atoms. The van der Waals surface area contributed by atoms with Gasteiger partial charge in [-0.2, -0.15) is 5.10 Å². The number of aryl methyl sites for hydroxylation is 1. The van der Waals surface area contributed by atoms with Crippen molar-refractivity contribution in [3.63, 3.8) is 0 Å². The van der Waals surface area contributed by atoms with E-state index in [1.165, 1.54) is 18.5 Å². The molecule has 0 fully saturated rings. The van der Waals surface area contributed by atoms with E-state index in [0.717, 1.165) is 33.0 Å². The smallest absolute Gasteiger partial charge is 0.145 e. The van der Waals surface area contributed by atoms with Crippen molar-refractivity contribution in [2.24, 2.45) is 7.05 Å². The first-order chi connectivity index (χ1) is 15.1. The average molecular weight is 413 g/mol. The number of nitrogens with one attached hydrogen (secondary N) is 1. The van der Waals surface area contributed by atoms with Crippen LogP contribution in [0.4, 0.5) is 10.2 Å². The zero-order valence-corrected chi connectivity index (χ0v) is 17.1. The van der Waals surface area contributed by atoms with E-state index >= 15 is 0 Å². The number of rotatable bonds is 5. The fraction of sp³-hybridized carbons (Fsp3) is 0.125. The lowest BCUT2D eigenvalue weighted by Crippen LogP contribution is -2.05. The minimum absolute atomic E-state index is 0.272. The summed E-state index contributed by atoms with van der Waals surface area (Å²) in [6.45, 7) is 0.575. The van der Waals surface area contributed by atoms with Crippen LogP contribution in [0.5, 0.6) is 5.75 Å². The highest BCUT2D eigenvalue weighted by atomic mass is 19.1. The number of ether oxygens (including phenoxy) is 1. The number of benzene rings is 3. The summed E-state index contributed by atoms with van der Waals surface area (Å²) in [5.74, 6) is 1.06. The molecule has 0 aliphatic carbocycles. The van der Waals surface area contributed by atoms with Gasteiger partial charge in [0.25, 0.3) is 0 Å². The Bertz CT molecular complexity index is 1400. The lowest BCUT2D eigenvalue weighted by atomic mass is 10.0. The van der Waals surface area contributed by atoms with Gasteiger partial charge in [-0.25, -0.2) is 14.4 Å². The van der Waals surface area contributed by atoms with Gasteiger partial charge in [-0.05, 0) is 41.0 Å². The molecule has 2 aromatic heterocycles. The second-order valence-electron chi connectivity index (χ2n) is 7.28. The van der Waals surface area contributed by atoms with Gasteiger partial charge < -0.3 is 10.1 Å². The van der Waals surface area contributed by atoms with E-state index in [1.54, 1.807) is 19.2 Å². The molecule has 2 heterocycles. The molecule has 5 aromatic rings. The highest BCUT2D eigenvalue weighted by molar-refractivity contribution is 5.96. The van der Waals surface area contributed by atoms with Gasteiger partial charge in [0.15, 0.2) is 0 Å². The molecule has 7 heteroatoms. The second kappa shape index (κ2) is 7.68. The number of para-hydroxylation sites is 1. The Balaban J connectivity index is 1.57. The molecule has 0 saturated heterocycles. The summed E-state index contributed by atoms with van der Waals surface area (Å²) in [7, 11) is 3.55. The standard InChI is InChI=1S/C24H20FN5O/c1-30-23-16(4-3-5-17(23)13-29-30)12-26-24-20-10-18(15-6-8-19(25)9-7-15)11-21(31-2)22(20)27-14-28-24/h3-11,13-14H,12H2,1-2H3,(H,26,27,28). The van der Waals surface area contributed by atoms with Gasteiger partial charge in [-0.3, -0.25) is 4.68 Å². The Morgan fingerprint density at radius 3 is 2.68 bits per heavy atom. The maximum Gasteiger partial charge on any atom is 0.145 e. The largest absolute Gasteiger partial charge is 0.494 e. The summed E-state index contributed by atoms with van der Waals surface area (Å²) < 4.78 is 20.8. The van der Waals surface area contributed by atoms with E-state index in [-0.39, 0.29) is 5.82 Å². The van der Waals surface area contributed by atoms with Crippen LogP contribution in [0.15, 0.2) is 67.1 Å². The minimum Gasteiger partial charge on any atom is -0.494 e. The minimum atomic E-state index is -0.272. The molecule has 1 N–H and O–H groups in total. The van der Waals surface area contributed by atoms with E-state index in [2.05, 4.69) is 26.4 Å². The maximum atomic E-state index is 13.4. The molecule has 0 radical (unpaired) electrons. The van der Waals surface area contributed by atoms with Gasteiger partial charge in [0.2, 0.25) is 0 Å². The van der Waals surface area contributed by atoms with Crippen LogP contribution >= 0.6 is 0 Å². The van der Waals surface area contributed by atoms with Crippen molar-refractivity contribution < 1.29 is 9.13 Å². The lowest BCUT2D eigenvalue weighted by molar-refractivity contribution is 0.419. The Morgan fingerprint density at radius 1 is 1.03 bits per heavy atom. The molecule has 3 aromatic carbocycles. The number of fused-ring (bicyclic) bond motifs is 2. The topological polar surface area (TPSA) is 64.9 Å². The van der Waals surface area contributed by atoms with Crippen LogP contribution in [0.25, 0.3) is 32.9 Å². The first kappa shape index (κ1) is 19.0. The number of hydrogen-bond donors (Lipinski definition) is 1. The van der Waals surface area contributed by atoms with Crippen molar-refractivity contribution in [2.45, 2.75) is 6.54 Å². The van der Waals surface area contributed by atoms with Crippen molar-refractivity contribution >= 4 is 27.6 Å². The Kier molecular flexibility index (Phi) is 4.71.